The Morgan fingerprint density at radius 2 is 1.87 bits per heavy atom. The van der Waals surface area contributed by atoms with Gasteiger partial charge in [-0.25, -0.2) is 22.3 Å². The first kappa shape index (κ1) is 16.6. The normalized spacial score (nSPS) is 11.0. The molecule has 23 heavy (non-hydrogen) atoms. The monoisotopic (exact) mass is 334 g/mol. The van der Waals surface area contributed by atoms with E-state index in [9.17, 15) is 17.6 Å². The maximum absolute atomic E-state index is 13.5. The molecule has 0 heterocycles. The molecule has 0 unspecified atom stereocenters. The highest BCUT2D eigenvalue weighted by Gasteiger charge is 2.16. The molecule has 0 bridgehead atoms. The van der Waals surface area contributed by atoms with E-state index in [2.05, 4.69) is 4.72 Å². The molecule has 0 fully saturated rings. The molecule has 6 nitrogen and oxygen atoms in total. The number of carboxylic acid groups (broad SMARTS) is 1. The second kappa shape index (κ2) is 6.56. The first-order valence-electron chi connectivity index (χ1n) is 6.35. The molecule has 0 aromatic heterocycles. The van der Waals surface area contributed by atoms with Crippen LogP contribution in [0.1, 0.15) is 21.5 Å². The number of carbonyl (C=O) groups is 1. The molecule has 2 aromatic rings. The van der Waals surface area contributed by atoms with E-state index in [-0.39, 0.29) is 22.6 Å². The third-order valence-corrected chi connectivity index (χ3v) is 4.44. The van der Waals surface area contributed by atoms with Crippen LogP contribution in [0.5, 0.6) is 0 Å². The van der Waals surface area contributed by atoms with Crippen LogP contribution in [0.2, 0.25) is 0 Å². The van der Waals surface area contributed by atoms with Crippen LogP contribution in [0.4, 0.5) is 4.39 Å². The summed E-state index contributed by atoms with van der Waals surface area (Å²) in [7, 11) is -3.95. The lowest BCUT2D eigenvalue weighted by Crippen LogP contribution is -2.23. The van der Waals surface area contributed by atoms with Crippen molar-refractivity contribution in [3.8, 4) is 6.07 Å². The maximum atomic E-state index is 13.5. The zero-order valence-corrected chi connectivity index (χ0v) is 12.5. The molecule has 0 amide bonds. The summed E-state index contributed by atoms with van der Waals surface area (Å²) in [5, 5.41) is 17.4. The number of nitrogens with one attached hydrogen (secondary N) is 1. The lowest BCUT2D eigenvalue weighted by molar-refractivity contribution is 0.0697. The van der Waals surface area contributed by atoms with Gasteiger partial charge in [-0.3, -0.25) is 0 Å². The number of hydrogen-bond acceptors (Lipinski definition) is 4. The molecule has 8 heteroatoms. The van der Waals surface area contributed by atoms with Crippen LogP contribution in [0.3, 0.4) is 0 Å². The summed E-state index contributed by atoms with van der Waals surface area (Å²) in [6.45, 7) is -0.0795. The SMILES string of the molecule is N#Cc1ccc(S(=O)(=O)NCc2ccc(C(=O)O)cc2)cc1F. The fourth-order valence-corrected chi connectivity index (χ4v) is 2.81. The van der Waals surface area contributed by atoms with Crippen molar-refractivity contribution < 1.29 is 22.7 Å². The van der Waals surface area contributed by atoms with Crippen LogP contribution in [0.25, 0.3) is 0 Å². The van der Waals surface area contributed by atoms with E-state index >= 15 is 0 Å². The first-order chi connectivity index (χ1) is 10.8. The second-order valence-corrected chi connectivity index (χ2v) is 6.35. The van der Waals surface area contributed by atoms with Crippen LogP contribution < -0.4 is 4.72 Å². The minimum atomic E-state index is -3.95. The summed E-state index contributed by atoms with van der Waals surface area (Å²) < 4.78 is 39.9. The molecule has 0 aliphatic heterocycles. The number of halogens is 1. The van der Waals surface area contributed by atoms with Crippen LogP contribution >= 0.6 is 0 Å². The summed E-state index contributed by atoms with van der Waals surface area (Å²) in [5.41, 5.74) is 0.395. The van der Waals surface area contributed by atoms with Gasteiger partial charge in [0.05, 0.1) is 16.0 Å². The third-order valence-electron chi connectivity index (χ3n) is 3.04. The molecular weight excluding hydrogens is 323 g/mol. The number of sulfonamides is 1. The first-order valence-corrected chi connectivity index (χ1v) is 7.83. The molecular formula is C15H11FN2O4S. The highest BCUT2D eigenvalue weighted by atomic mass is 32.2. The molecule has 0 spiro atoms. The van der Waals surface area contributed by atoms with E-state index in [1.54, 1.807) is 6.07 Å². The van der Waals surface area contributed by atoms with Crippen molar-refractivity contribution in [3.63, 3.8) is 0 Å². The molecule has 2 N–H and O–H groups in total. The van der Waals surface area contributed by atoms with Gasteiger partial charge in [0.25, 0.3) is 0 Å². The van der Waals surface area contributed by atoms with Gasteiger partial charge in [-0.05, 0) is 35.9 Å². The van der Waals surface area contributed by atoms with Gasteiger partial charge in [0.15, 0.2) is 0 Å². The van der Waals surface area contributed by atoms with Gasteiger partial charge < -0.3 is 5.11 Å². The summed E-state index contributed by atoms with van der Waals surface area (Å²) in [6.07, 6.45) is 0. The van der Waals surface area contributed by atoms with Crippen molar-refractivity contribution >= 4 is 16.0 Å². The van der Waals surface area contributed by atoms with Crippen molar-refractivity contribution in [2.24, 2.45) is 0 Å². The minimum Gasteiger partial charge on any atom is -0.478 e. The van der Waals surface area contributed by atoms with Gasteiger partial charge >= 0.3 is 5.97 Å². The van der Waals surface area contributed by atoms with Gasteiger partial charge in [0, 0.05) is 6.54 Å². The predicted molar refractivity (Wildman–Crippen MR) is 78.5 cm³/mol. The summed E-state index contributed by atoms with van der Waals surface area (Å²) >= 11 is 0. The standard InChI is InChI=1S/C15H11FN2O4S/c16-14-7-13(6-5-12(14)8-17)23(21,22)18-9-10-1-3-11(4-2-10)15(19)20/h1-7,18H,9H2,(H,19,20). The summed E-state index contributed by atoms with van der Waals surface area (Å²) in [5.74, 6) is -1.99. The fourth-order valence-electron chi connectivity index (χ4n) is 1.78. The van der Waals surface area contributed by atoms with Crippen molar-refractivity contribution in [2.45, 2.75) is 11.4 Å². The molecule has 2 rings (SSSR count). The predicted octanol–water partition coefficient (Wildman–Crippen LogP) is 1.87. The largest absolute Gasteiger partial charge is 0.478 e. The Bertz CT molecular complexity index is 887. The van der Waals surface area contributed by atoms with Gasteiger partial charge in [-0.2, -0.15) is 5.26 Å². The second-order valence-electron chi connectivity index (χ2n) is 4.58. The Hall–Kier alpha value is -2.76. The molecule has 0 aliphatic carbocycles. The molecule has 0 radical (unpaired) electrons. The van der Waals surface area contributed by atoms with E-state index in [0.717, 1.165) is 18.2 Å². The molecule has 2 aromatic carbocycles. The van der Waals surface area contributed by atoms with Crippen LogP contribution in [-0.4, -0.2) is 19.5 Å². The average molecular weight is 334 g/mol. The van der Waals surface area contributed by atoms with Gasteiger partial charge in [0.1, 0.15) is 11.9 Å². The number of benzene rings is 2. The average Bonchev–Trinajstić information content (AvgIpc) is 2.53. The topological polar surface area (TPSA) is 107 Å². The van der Waals surface area contributed by atoms with Crippen molar-refractivity contribution in [1.29, 1.82) is 5.26 Å². The number of hydrogen-bond donors (Lipinski definition) is 2. The molecule has 118 valence electrons. The number of nitriles is 1. The van der Waals surface area contributed by atoms with Crippen molar-refractivity contribution in [1.82, 2.24) is 4.72 Å². The molecule has 0 atom stereocenters. The summed E-state index contributed by atoms with van der Waals surface area (Å²) in [6, 6.07) is 10.3. The Balaban J connectivity index is 2.14. The van der Waals surface area contributed by atoms with E-state index in [1.807, 2.05) is 0 Å². The fraction of sp³-hybridized carbons (Fsp3) is 0.0667. The highest BCUT2D eigenvalue weighted by molar-refractivity contribution is 7.89. The zero-order valence-electron chi connectivity index (χ0n) is 11.7. The summed E-state index contributed by atoms with van der Waals surface area (Å²) in [4.78, 5) is 10.4. The Morgan fingerprint density at radius 1 is 1.22 bits per heavy atom. The van der Waals surface area contributed by atoms with Crippen molar-refractivity contribution in [3.05, 3.63) is 65.0 Å². The minimum absolute atomic E-state index is 0.0795. The van der Waals surface area contributed by atoms with E-state index in [1.165, 1.54) is 24.3 Å². The van der Waals surface area contributed by atoms with Gasteiger partial charge in [0.2, 0.25) is 10.0 Å². The number of rotatable bonds is 5. The quantitative estimate of drug-likeness (QED) is 0.868. The number of aromatic carboxylic acids is 1. The Labute approximate surface area is 131 Å². The maximum Gasteiger partial charge on any atom is 0.335 e. The third kappa shape index (κ3) is 3.91. The van der Waals surface area contributed by atoms with Crippen molar-refractivity contribution in [2.75, 3.05) is 0 Å². The molecule has 0 saturated carbocycles. The van der Waals surface area contributed by atoms with Crippen LogP contribution in [0.15, 0.2) is 47.4 Å². The van der Waals surface area contributed by atoms with Gasteiger partial charge in [-0.15, -0.1) is 0 Å². The lowest BCUT2D eigenvalue weighted by atomic mass is 10.1. The highest BCUT2D eigenvalue weighted by Crippen LogP contribution is 2.15. The Morgan fingerprint density at radius 3 is 2.39 bits per heavy atom. The number of nitrogens with zero attached hydrogens (tertiary/aromatic N) is 1. The van der Waals surface area contributed by atoms with E-state index in [0.29, 0.717) is 5.56 Å². The smallest absolute Gasteiger partial charge is 0.335 e. The van der Waals surface area contributed by atoms with E-state index < -0.39 is 21.8 Å². The lowest BCUT2D eigenvalue weighted by Gasteiger charge is -2.07. The van der Waals surface area contributed by atoms with Gasteiger partial charge in [-0.1, -0.05) is 12.1 Å². The van der Waals surface area contributed by atoms with Crippen LogP contribution in [0, 0.1) is 17.1 Å². The molecule has 0 saturated heterocycles. The number of carboxylic acids is 1. The Kier molecular flexibility index (Phi) is 4.74. The van der Waals surface area contributed by atoms with Crippen LogP contribution in [-0.2, 0) is 16.6 Å². The molecule has 0 aliphatic rings. The van der Waals surface area contributed by atoms with E-state index in [4.69, 9.17) is 10.4 Å². The zero-order chi connectivity index (χ0) is 17.0.